The van der Waals surface area contributed by atoms with E-state index in [9.17, 15) is 0 Å². The van der Waals surface area contributed by atoms with Gasteiger partial charge in [-0.1, -0.05) is 0 Å². The van der Waals surface area contributed by atoms with E-state index < -0.39 is 0 Å². The highest BCUT2D eigenvalue weighted by Gasteiger charge is 2.13. The lowest BCUT2D eigenvalue weighted by Crippen LogP contribution is -2.38. The first-order valence-electron chi connectivity index (χ1n) is 10.2. The Hall–Kier alpha value is -3.29. The molecule has 31 heavy (non-hydrogen) atoms. The van der Waals surface area contributed by atoms with Crippen LogP contribution in [0.4, 0.5) is 0 Å². The zero-order valence-corrected chi connectivity index (χ0v) is 19.0. The minimum absolute atomic E-state index is 0.467. The molecule has 0 amide bonds. The van der Waals surface area contributed by atoms with Crippen LogP contribution in [0.15, 0.2) is 41.4 Å². The van der Waals surface area contributed by atoms with Crippen molar-refractivity contribution in [2.75, 3.05) is 48.1 Å². The molecule has 0 atom stereocenters. The number of hydrogen-bond acceptors (Lipinski definition) is 6. The fourth-order valence-electron chi connectivity index (χ4n) is 2.88. The van der Waals surface area contributed by atoms with E-state index >= 15 is 0 Å². The summed E-state index contributed by atoms with van der Waals surface area (Å²) in [5, 5.41) is 6.58. The molecule has 0 unspecified atom stereocenters. The van der Waals surface area contributed by atoms with E-state index in [2.05, 4.69) is 15.6 Å². The quantitative estimate of drug-likeness (QED) is 0.303. The van der Waals surface area contributed by atoms with Gasteiger partial charge in [-0.3, -0.25) is 0 Å². The lowest BCUT2D eigenvalue weighted by molar-refractivity contribution is 0.310. The van der Waals surface area contributed by atoms with Crippen LogP contribution < -0.4 is 34.3 Å². The van der Waals surface area contributed by atoms with Crippen molar-refractivity contribution in [2.24, 2.45) is 4.99 Å². The summed E-state index contributed by atoms with van der Waals surface area (Å²) in [6.45, 7) is 4.60. The summed E-state index contributed by atoms with van der Waals surface area (Å²) >= 11 is 0. The molecule has 0 heterocycles. The third kappa shape index (κ3) is 7.47. The molecule has 0 bridgehead atoms. The number of benzene rings is 2. The molecule has 0 saturated heterocycles. The minimum Gasteiger partial charge on any atom is -0.497 e. The van der Waals surface area contributed by atoms with E-state index in [1.165, 1.54) is 0 Å². The van der Waals surface area contributed by atoms with Crippen molar-refractivity contribution >= 4 is 5.96 Å². The molecule has 2 aromatic carbocycles. The Morgan fingerprint density at radius 2 is 1.48 bits per heavy atom. The smallest absolute Gasteiger partial charge is 0.203 e. The van der Waals surface area contributed by atoms with Gasteiger partial charge in [0.25, 0.3) is 0 Å². The maximum atomic E-state index is 5.75. The van der Waals surface area contributed by atoms with Crippen LogP contribution in [-0.4, -0.2) is 54.1 Å². The van der Waals surface area contributed by atoms with Gasteiger partial charge in [0.2, 0.25) is 5.75 Å². The van der Waals surface area contributed by atoms with Gasteiger partial charge >= 0.3 is 0 Å². The molecule has 0 radical (unpaired) electrons. The predicted octanol–water partition coefficient (Wildman–Crippen LogP) is 3.25. The highest BCUT2D eigenvalue weighted by atomic mass is 16.5. The first-order valence-corrected chi connectivity index (χ1v) is 10.2. The van der Waals surface area contributed by atoms with Crippen LogP contribution in [0, 0.1) is 0 Å². The maximum absolute atomic E-state index is 5.75. The highest BCUT2D eigenvalue weighted by molar-refractivity contribution is 5.79. The summed E-state index contributed by atoms with van der Waals surface area (Å²) in [6.07, 6.45) is 0.834. The van der Waals surface area contributed by atoms with Crippen LogP contribution in [0.5, 0.6) is 28.7 Å². The monoisotopic (exact) mass is 431 g/mol. The minimum atomic E-state index is 0.467. The summed E-state index contributed by atoms with van der Waals surface area (Å²) in [5.74, 6) is 4.16. The zero-order chi connectivity index (χ0) is 22.5. The molecule has 2 rings (SSSR count). The molecule has 0 aliphatic carbocycles. The Balaban J connectivity index is 1.88. The van der Waals surface area contributed by atoms with Gasteiger partial charge in [0.15, 0.2) is 17.5 Å². The van der Waals surface area contributed by atoms with Gasteiger partial charge in [-0.25, -0.2) is 4.99 Å². The molecule has 170 valence electrons. The Morgan fingerprint density at radius 1 is 0.839 bits per heavy atom. The largest absolute Gasteiger partial charge is 0.497 e. The number of nitrogens with one attached hydrogen (secondary N) is 2. The predicted molar refractivity (Wildman–Crippen MR) is 122 cm³/mol. The van der Waals surface area contributed by atoms with Crippen molar-refractivity contribution in [3.05, 3.63) is 42.0 Å². The molecule has 0 aromatic heterocycles. The molecule has 0 fully saturated rings. The number of hydrogen-bond donors (Lipinski definition) is 2. The summed E-state index contributed by atoms with van der Waals surface area (Å²) in [7, 11) is 6.43. The van der Waals surface area contributed by atoms with Gasteiger partial charge in [0, 0.05) is 13.1 Å². The summed E-state index contributed by atoms with van der Waals surface area (Å²) < 4.78 is 27.1. The van der Waals surface area contributed by atoms with Crippen LogP contribution in [0.25, 0.3) is 0 Å². The van der Waals surface area contributed by atoms with Gasteiger partial charge in [-0.15, -0.1) is 0 Å². The molecule has 0 saturated carbocycles. The molecule has 2 N–H and O–H groups in total. The van der Waals surface area contributed by atoms with Crippen molar-refractivity contribution in [1.82, 2.24) is 10.6 Å². The second kappa shape index (κ2) is 13.1. The lowest BCUT2D eigenvalue weighted by Gasteiger charge is -2.14. The number of aliphatic imine (C=N–C) groups is 1. The van der Waals surface area contributed by atoms with Crippen LogP contribution >= 0.6 is 0 Å². The van der Waals surface area contributed by atoms with Gasteiger partial charge in [0.1, 0.15) is 11.5 Å². The number of ether oxygens (including phenoxy) is 5. The molecule has 8 nitrogen and oxygen atoms in total. The van der Waals surface area contributed by atoms with E-state index in [1.54, 1.807) is 28.4 Å². The van der Waals surface area contributed by atoms with E-state index in [0.29, 0.717) is 30.4 Å². The molecule has 0 aliphatic rings. The molecule has 8 heteroatoms. The number of rotatable bonds is 12. The van der Waals surface area contributed by atoms with Crippen LogP contribution in [-0.2, 0) is 6.54 Å². The van der Waals surface area contributed by atoms with E-state index in [1.807, 2.05) is 43.3 Å². The van der Waals surface area contributed by atoms with Gasteiger partial charge in [-0.05, 0) is 55.3 Å². The van der Waals surface area contributed by atoms with Crippen LogP contribution in [0.2, 0.25) is 0 Å². The average molecular weight is 432 g/mol. The fraction of sp³-hybridized carbons (Fsp3) is 0.435. The topological polar surface area (TPSA) is 82.6 Å². The average Bonchev–Trinajstić information content (AvgIpc) is 2.81. The number of guanidine groups is 1. The summed E-state index contributed by atoms with van der Waals surface area (Å²) in [5.41, 5.74) is 0.953. The summed E-state index contributed by atoms with van der Waals surface area (Å²) in [4.78, 5) is 4.65. The fourth-order valence-corrected chi connectivity index (χ4v) is 2.88. The number of nitrogens with zero attached hydrogens (tertiary/aromatic N) is 1. The van der Waals surface area contributed by atoms with Gasteiger partial charge < -0.3 is 34.3 Å². The first-order chi connectivity index (χ1) is 15.1. The van der Waals surface area contributed by atoms with Crippen LogP contribution in [0.3, 0.4) is 0 Å². The Labute approximate surface area is 184 Å². The second-order valence-electron chi connectivity index (χ2n) is 6.53. The van der Waals surface area contributed by atoms with Crippen molar-refractivity contribution in [3.8, 4) is 28.7 Å². The first kappa shape index (κ1) is 24.0. The van der Waals surface area contributed by atoms with Gasteiger partial charge in [0.05, 0.1) is 41.6 Å². The normalized spacial score (nSPS) is 10.9. The van der Waals surface area contributed by atoms with E-state index in [-0.39, 0.29) is 0 Å². The van der Waals surface area contributed by atoms with Crippen molar-refractivity contribution in [2.45, 2.75) is 19.9 Å². The second-order valence-corrected chi connectivity index (χ2v) is 6.53. The molecule has 0 spiro atoms. The molecular formula is C23H33N3O5. The van der Waals surface area contributed by atoms with Crippen LogP contribution in [0.1, 0.15) is 18.9 Å². The number of methoxy groups -OCH3 is 4. The van der Waals surface area contributed by atoms with E-state index in [0.717, 1.165) is 42.5 Å². The SMILES string of the molecule is CCNC(=NCc1cc(OC)c(OC)c(OC)c1)NCCCOc1ccc(OC)cc1. The molecule has 2 aromatic rings. The standard InChI is InChI=1S/C23H33N3O5/c1-6-24-23(25-12-7-13-31-19-10-8-18(27-2)9-11-19)26-16-17-14-20(28-3)22(30-5)21(15-17)29-4/h8-11,14-15H,6-7,12-13,16H2,1-5H3,(H2,24,25,26). The Bertz CT molecular complexity index is 799. The van der Waals surface area contributed by atoms with Crippen molar-refractivity contribution in [3.63, 3.8) is 0 Å². The molecule has 0 aliphatic heterocycles. The van der Waals surface area contributed by atoms with Crippen molar-refractivity contribution in [1.29, 1.82) is 0 Å². The highest BCUT2D eigenvalue weighted by Crippen LogP contribution is 2.38. The summed E-state index contributed by atoms with van der Waals surface area (Å²) in [6, 6.07) is 11.4. The zero-order valence-electron chi connectivity index (χ0n) is 19.0. The third-order valence-electron chi connectivity index (χ3n) is 4.43. The Morgan fingerprint density at radius 3 is 2.03 bits per heavy atom. The van der Waals surface area contributed by atoms with Gasteiger partial charge in [-0.2, -0.15) is 0 Å². The molecular weight excluding hydrogens is 398 g/mol. The van der Waals surface area contributed by atoms with Crippen molar-refractivity contribution < 1.29 is 23.7 Å². The van der Waals surface area contributed by atoms with E-state index in [4.69, 9.17) is 23.7 Å². The lowest BCUT2D eigenvalue weighted by atomic mass is 10.2. The third-order valence-corrected chi connectivity index (χ3v) is 4.43. The maximum Gasteiger partial charge on any atom is 0.203 e. The Kier molecular flexibility index (Phi) is 10.1.